The molecule has 2 aliphatic heterocycles. The molecule has 2 N–H and O–H groups in total. The number of nitrogens with one attached hydrogen (secondary N) is 1. The topological polar surface area (TPSA) is 55.8 Å². The molecular formula is C11H21N3O2. The maximum Gasteiger partial charge on any atom is 0.239 e. The van der Waals surface area contributed by atoms with Crippen LogP contribution in [0.3, 0.4) is 0 Å². The van der Waals surface area contributed by atoms with Gasteiger partial charge in [-0.05, 0) is 20.4 Å². The molecule has 0 saturated carbocycles. The number of amides is 1. The van der Waals surface area contributed by atoms with Crippen molar-refractivity contribution in [3.63, 3.8) is 0 Å². The van der Waals surface area contributed by atoms with Gasteiger partial charge in [0.2, 0.25) is 5.91 Å². The van der Waals surface area contributed by atoms with E-state index in [1.807, 2.05) is 4.90 Å². The van der Waals surface area contributed by atoms with E-state index in [0.717, 1.165) is 19.6 Å². The Hall–Kier alpha value is -0.650. The summed E-state index contributed by atoms with van der Waals surface area (Å²) in [5, 5.41) is 12.5. The summed E-state index contributed by atoms with van der Waals surface area (Å²) in [5.41, 5.74) is 0. The van der Waals surface area contributed by atoms with Crippen molar-refractivity contribution in [3.05, 3.63) is 0 Å². The van der Waals surface area contributed by atoms with Gasteiger partial charge in [-0.15, -0.1) is 0 Å². The predicted octanol–water partition coefficient (Wildman–Crippen LogP) is -1.13. The minimum atomic E-state index is -0.362. The Kier molecular flexibility index (Phi) is 3.47. The molecule has 1 amide bonds. The van der Waals surface area contributed by atoms with Gasteiger partial charge >= 0.3 is 0 Å². The summed E-state index contributed by atoms with van der Waals surface area (Å²) in [6.45, 7) is 5.20. The van der Waals surface area contributed by atoms with E-state index in [0.29, 0.717) is 19.0 Å². The highest BCUT2D eigenvalue weighted by Crippen LogP contribution is 2.13. The molecule has 0 aromatic rings. The first-order chi connectivity index (χ1) is 7.58. The average molecular weight is 227 g/mol. The van der Waals surface area contributed by atoms with Crippen molar-refractivity contribution in [1.82, 2.24) is 15.1 Å². The molecule has 2 rings (SSSR count). The number of nitrogens with zero attached hydrogens (tertiary/aromatic N) is 2. The van der Waals surface area contributed by atoms with Crippen LogP contribution in [0.1, 0.15) is 13.3 Å². The van der Waals surface area contributed by atoms with Crippen LogP contribution in [0.2, 0.25) is 0 Å². The fraction of sp³-hybridized carbons (Fsp3) is 0.909. The average Bonchev–Trinajstić information content (AvgIpc) is 2.68. The van der Waals surface area contributed by atoms with Crippen LogP contribution in [0.5, 0.6) is 0 Å². The Morgan fingerprint density at radius 2 is 2.19 bits per heavy atom. The maximum absolute atomic E-state index is 12.1. The van der Waals surface area contributed by atoms with Gasteiger partial charge in [0.15, 0.2) is 0 Å². The zero-order chi connectivity index (χ0) is 11.7. The summed E-state index contributed by atoms with van der Waals surface area (Å²) in [6.07, 6.45) is 0.193. The van der Waals surface area contributed by atoms with Gasteiger partial charge in [0.05, 0.1) is 12.1 Å². The third-order valence-corrected chi connectivity index (χ3v) is 3.68. The standard InChI is InChI=1S/C11H21N3O2/c1-8-7-14(4-3-13(8)2)11(16)10-5-9(15)6-12-10/h8-10,12,15H,3-7H2,1-2H3. The van der Waals surface area contributed by atoms with Crippen LogP contribution in [0.4, 0.5) is 0 Å². The molecule has 2 aliphatic rings. The Bertz CT molecular complexity index is 272. The summed E-state index contributed by atoms with van der Waals surface area (Å²) >= 11 is 0. The third-order valence-electron chi connectivity index (χ3n) is 3.68. The molecule has 2 heterocycles. The fourth-order valence-corrected chi connectivity index (χ4v) is 2.37. The van der Waals surface area contributed by atoms with Crippen molar-refractivity contribution in [1.29, 1.82) is 0 Å². The summed E-state index contributed by atoms with van der Waals surface area (Å²) < 4.78 is 0. The first kappa shape index (κ1) is 11.8. The summed E-state index contributed by atoms with van der Waals surface area (Å²) in [4.78, 5) is 16.3. The molecule has 5 nitrogen and oxygen atoms in total. The summed E-state index contributed by atoms with van der Waals surface area (Å²) in [5.74, 6) is 0.150. The Balaban J connectivity index is 1.90. The number of likely N-dealkylation sites (N-methyl/N-ethyl adjacent to an activating group) is 1. The van der Waals surface area contributed by atoms with E-state index in [9.17, 15) is 9.90 Å². The van der Waals surface area contributed by atoms with Crippen LogP contribution in [-0.4, -0.2) is 72.2 Å². The predicted molar refractivity (Wildman–Crippen MR) is 61.1 cm³/mol. The number of rotatable bonds is 1. The zero-order valence-corrected chi connectivity index (χ0v) is 10.0. The van der Waals surface area contributed by atoms with E-state index < -0.39 is 0 Å². The maximum atomic E-state index is 12.1. The third kappa shape index (κ3) is 2.36. The number of β-amino-alcohol motifs (C(OH)–C–C–N with tert-alkyl or cyclic N) is 1. The van der Waals surface area contributed by atoms with Gasteiger partial charge < -0.3 is 20.2 Å². The highest BCUT2D eigenvalue weighted by Gasteiger charge is 2.33. The molecule has 2 saturated heterocycles. The minimum absolute atomic E-state index is 0.150. The van der Waals surface area contributed by atoms with Crippen LogP contribution < -0.4 is 5.32 Å². The SMILES string of the molecule is CC1CN(C(=O)C2CC(O)CN2)CCN1C. The molecule has 0 spiro atoms. The van der Waals surface area contributed by atoms with Gasteiger partial charge in [-0.3, -0.25) is 4.79 Å². The summed E-state index contributed by atoms with van der Waals surface area (Å²) in [6, 6.07) is 0.245. The lowest BCUT2D eigenvalue weighted by atomic mass is 10.1. The minimum Gasteiger partial charge on any atom is -0.392 e. The summed E-state index contributed by atoms with van der Waals surface area (Å²) in [7, 11) is 2.09. The second-order valence-electron chi connectivity index (χ2n) is 4.96. The van der Waals surface area contributed by atoms with Gasteiger partial charge in [-0.1, -0.05) is 0 Å². The number of carbonyl (C=O) groups excluding carboxylic acids is 1. The van der Waals surface area contributed by atoms with Crippen LogP contribution >= 0.6 is 0 Å². The smallest absolute Gasteiger partial charge is 0.239 e. The Labute approximate surface area is 96.4 Å². The molecule has 0 aliphatic carbocycles. The van der Waals surface area contributed by atoms with E-state index in [2.05, 4.69) is 24.2 Å². The lowest BCUT2D eigenvalue weighted by Crippen LogP contribution is -2.55. The quantitative estimate of drug-likeness (QED) is 0.595. The number of aliphatic hydroxyl groups excluding tert-OH is 1. The Morgan fingerprint density at radius 1 is 1.44 bits per heavy atom. The largest absolute Gasteiger partial charge is 0.392 e. The van der Waals surface area contributed by atoms with Crippen molar-refractivity contribution >= 4 is 5.91 Å². The molecule has 0 radical (unpaired) electrons. The van der Waals surface area contributed by atoms with Gasteiger partial charge in [0, 0.05) is 32.2 Å². The number of hydrogen-bond donors (Lipinski definition) is 2. The first-order valence-electron chi connectivity index (χ1n) is 5.98. The van der Waals surface area contributed by atoms with E-state index in [1.54, 1.807) is 0 Å². The van der Waals surface area contributed by atoms with Gasteiger partial charge in [0.1, 0.15) is 0 Å². The molecule has 5 heteroatoms. The van der Waals surface area contributed by atoms with Crippen LogP contribution in [0.15, 0.2) is 0 Å². The molecule has 3 unspecified atom stereocenters. The van der Waals surface area contributed by atoms with Crippen molar-refractivity contribution in [3.8, 4) is 0 Å². The van der Waals surface area contributed by atoms with Crippen LogP contribution in [0, 0.1) is 0 Å². The highest BCUT2D eigenvalue weighted by atomic mass is 16.3. The molecule has 2 fully saturated rings. The van der Waals surface area contributed by atoms with Crippen LogP contribution in [-0.2, 0) is 4.79 Å². The van der Waals surface area contributed by atoms with Crippen molar-refractivity contribution in [2.45, 2.75) is 31.5 Å². The number of hydrogen-bond acceptors (Lipinski definition) is 4. The second-order valence-corrected chi connectivity index (χ2v) is 4.96. The zero-order valence-electron chi connectivity index (χ0n) is 10.0. The molecule has 92 valence electrons. The molecule has 16 heavy (non-hydrogen) atoms. The van der Waals surface area contributed by atoms with Crippen molar-refractivity contribution < 1.29 is 9.90 Å². The monoisotopic (exact) mass is 227 g/mol. The van der Waals surface area contributed by atoms with Gasteiger partial charge in [-0.25, -0.2) is 0 Å². The first-order valence-corrected chi connectivity index (χ1v) is 5.98. The van der Waals surface area contributed by atoms with Crippen molar-refractivity contribution in [2.24, 2.45) is 0 Å². The van der Waals surface area contributed by atoms with Gasteiger partial charge in [0.25, 0.3) is 0 Å². The lowest BCUT2D eigenvalue weighted by molar-refractivity contribution is -0.135. The number of piperazine rings is 1. The number of carbonyl (C=O) groups is 1. The molecular weight excluding hydrogens is 206 g/mol. The fourth-order valence-electron chi connectivity index (χ4n) is 2.37. The number of aliphatic hydroxyl groups is 1. The van der Waals surface area contributed by atoms with E-state index in [4.69, 9.17) is 0 Å². The van der Waals surface area contributed by atoms with E-state index >= 15 is 0 Å². The molecule has 0 bridgehead atoms. The lowest BCUT2D eigenvalue weighted by Gasteiger charge is -2.38. The molecule has 3 atom stereocenters. The van der Waals surface area contributed by atoms with E-state index in [1.165, 1.54) is 0 Å². The Morgan fingerprint density at radius 3 is 2.75 bits per heavy atom. The van der Waals surface area contributed by atoms with Crippen LogP contribution in [0.25, 0.3) is 0 Å². The van der Waals surface area contributed by atoms with E-state index in [-0.39, 0.29) is 18.1 Å². The highest BCUT2D eigenvalue weighted by molar-refractivity contribution is 5.82. The molecule has 0 aromatic heterocycles. The second kappa shape index (κ2) is 4.69. The molecule has 0 aromatic carbocycles. The van der Waals surface area contributed by atoms with Gasteiger partial charge in [-0.2, -0.15) is 0 Å². The normalized spacial score (nSPS) is 36.7. The van der Waals surface area contributed by atoms with Crippen molar-refractivity contribution in [2.75, 3.05) is 33.2 Å².